The van der Waals surface area contributed by atoms with E-state index >= 15 is 0 Å². The van der Waals surface area contributed by atoms with Crippen molar-refractivity contribution in [1.29, 1.82) is 0 Å². The lowest BCUT2D eigenvalue weighted by molar-refractivity contribution is -0.140. The van der Waals surface area contributed by atoms with Crippen molar-refractivity contribution in [3.05, 3.63) is 30.3 Å². The summed E-state index contributed by atoms with van der Waals surface area (Å²) in [5.74, 6) is 1.58. The number of carbonyl (C=O) groups excluding carboxylic acids is 1. The molecule has 0 atom stereocenters. The number of aliphatic imine (C=N–C) groups is 1. The summed E-state index contributed by atoms with van der Waals surface area (Å²) in [6, 6.07) is 9.81. The summed E-state index contributed by atoms with van der Waals surface area (Å²) in [5, 5.41) is 6.55. The molecule has 0 saturated carbocycles. The molecule has 0 saturated heterocycles. The van der Waals surface area contributed by atoms with E-state index in [9.17, 15) is 4.79 Å². The molecular weight excluding hydrogens is 445 g/mol. The van der Waals surface area contributed by atoms with Crippen LogP contribution < -0.4 is 15.4 Å². The number of benzene rings is 1. The predicted octanol–water partition coefficient (Wildman–Crippen LogP) is 3.36. The maximum absolute atomic E-state index is 11.0. The van der Waals surface area contributed by atoms with Crippen molar-refractivity contribution in [2.45, 2.75) is 39.0 Å². The number of guanidine groups is 1. The van der Waals surface area contributed by atoms with Gasteiger partial charge in [-0.25, -0.2) is 0 Å². The molecular formula is C19H32IN3O3. The Morgan fingerprint density at radius 2 is 1.85 bits per heavy atom. The molecule has 0 bridgehead atoms. The maximum atomic E-state index is 11.0. The minimum absolute atomic E-state index is 0. The summed E-state index contributed by atoms with van der Waals surface area (Å²) in [6.07, 6.45) is 4.21. The molecule has 26 heavy (non-hydrogen) atoms. The van der Waals surface area contributed by atoms with Gasteiger partial charge in [-0.05, 0) is 31.9 Å². The number of hydrogen-bond acceptors (Lipinski definition) is 4. The van der Waals surface area contributed by atoms with Gasteiger partial charge in [0.2, 0.25) is 0 Å². The molecule has 0 aliphatic rings. The smallest absolute Gasteiger partial charge is 0.305 e. The molecule has 1 aromatic carbocycles. The molecule has 0 aliphatic heterocycles. The number of nitrogens with zero attached hydrogens (tertiary/aromatic N) is 1. The fraction of sp³-hybridized carbons (Fsp3) is 0.579. The van der Waals surface area contributed by atoms with Crippen LogP contribution in [-0.2, 0) is 9.53 Å². The topological polar surface area (TPSA) is 72.0 Å². The Bertz CT molecular complexity index is 498. The quantitative estimate of drug-likeness (QED) is 0.159. The SMILES string of the molecule is CCNC(=NCCCOc1ccccc1)NCCCCCC(=O)OC.I. The van der Waals surface area contributed by atoms with E-state index in [2.05, 4.69) is 20.4 Å². The number of para-hydroxylation sites is 1. The normalized spacial score (nSPS) is 10.6. The molecule has 0 heterocycles. The molecule has 148 valence electrons. The second-order valence-corrected chi connectivity index (χ2v) is 5.59. The van der Waals surface area contributed by atoms with Crippen LogP contribution in [0.15, 0.2) is 35.3 Å². The van der Waals surface area contributed by atoms with Crippen LogP contribution in [-0.4, -0.2) is 45.3 Å². The van der Waals surface area contributed by atoms with Crippen LogP contribution >= 0.6 is 24.0 Å². The monoisotopic (exact) mass is 477 g/mol. The second kappa shape index (κ2) is 16.9. The summed E-state index contributed by atoms with van der Waals surface area (Å²) in [4.78, 5) is 15.6. The molecule has 2 N–H and O–H groups in total. The van der Waals surface area contributed by atoms with Gasteiger partial charge in [0, 0.05) is 32.5 Å². The van der Waals surface area contributed by atoms with Gasteiger partial charge in [-0.1, -0.05) is 24.6 Å². The number of unbranched alkanes of at least 4 members (excludes halogenated alkanes) is 2. The van der Waals surface area contributed by atoms with Crippen LogP contribution in [0.2, 0.25) is 0 Å². The predicted molar refractivity (Wildman–Crippen MR) is 116 cm³/mol. The Kier molecular flexibility index (Phi) is 15.9. The number of hydrogen-bond donors (Lipinski definition) is 2. The first-order valence-electron chi connectivity index (χ1n) is 9.03. The van der Waals surface area contributed by atoms with Gasteiger partial charge in [0.15, 0.2) is 5.96 Å². The molecule has 7 heteroatoms. The average Bonchev–Trinajstić information content (AvgIpc) is 2.64. The van der Waals surface area contributed by atoms with Crippen LogP contribution in [0.5, 0.6) is 5.75 Å². The van der Waals surface area contributed by atoms with Gasteiger partial charge in [-0.15, -0.1) is 24.0 Å². The highest BCUT2D eigenvalue weighted by atomic mass is 127. The third-order valence-corrected chi connectivity index (χ3v) is 3.51. The summed E-state index contributed by atoms with van der Waals surface area (Å²) in [6.45, 7) is 5.08. The summed E-state index contributed by atoms with van der Waals surface area (Å²) >= 11 is 0. The van der Waals surface area contributed by atoms with E-state index in [1.807, 2.05) is 37.3 Å². The van der Waals surface area contributed by atoms with Crippen molar-refractivity contribution >= 4 is 35.9 Å². The Morgan fingerprint density at radius 1 is 1.08 bits per heavy atom. The van der Waals surface area contributed by atoms with E-state index in [4.69, 9.17) is 4.74 Å². The van der Waals surface area contributed by atoms with E-state index in [-0.39, 0.29) is 29.9 Å². The number of ether oxygens (including phenoxy) is 2. The summed E-state index contributed by atoms with van der Waals surface area (Å²) in [5.41, 5.74) is 0. The molecule has 0 radical (unpaired) electrons. The second-order valence-electron chi connectivity index (χ2n) is 5.59. The fourth-order valence-corrected chi connectivity index (χ4v) is 2.18. The first-order valence-corrected chi connectivity index (χ1v) is 9.03. The molecule has 0 amide bonds. The van der Waals surface area contributed by atoms with Crippen LogP contribution in [0.4, 0.5) is 0 Å². The van der Waals surface area contributed by atoms with Crippen molar-refractivity contribution in [1.82, 2.24) is 10.6 Å². The summed E-state index contributed by atoms with van der Waals surface area (Å²) in [7, 11) is 1.42. The molecule has 1 aromatic rings. The van der Waals surface area contributed by atoms with Gasteiger partial charge in [-0.3, -0.25) is 9.79 Å². The Balaban J connectivity index is 0.00000625. The van der Waals surface area contributed by atoms with Gasteiger partial charge in [0.1, 0.15) is 5.75 Å². The molecule has 0 aromatic heterocycles. The van der Waals surface area contributed by atoms with Crippen molar-refractivity contribution in [3.8, 4) is 5.75 Å². The van der Waals surface area contributed by atoms with Crippen LogP contribution in [0, 0.1) is 0 Å². The standard InChI is InChI=1S/C19H31N3O3.HI/c1-3-20-19(21-14-9-5-8-13-18(23)24-2)22-15-10-16-25-17-11-6-4-7-12-17;/h4,6-7,11-12H,3,5,8-10,13-16H2,1-2H3,(H2,20,21,22);1H. The highest BCUT2D eigenvalue weighted by Gasteiger charge is 2.00. The zero-order chi connectivity index (χ0) is 18.2. The molecule has 0 aliphatic carbocycles. The Labute approximate surface area is 174 Å². The van der Waals surface area contributed by atoms with Gasteiger partial charge >= 0.3 is 5.97 Å². The number of carbonyl (C=O) groups is 1. The van der Waals surface area contributed by atoms with Crippen LogP contribution in [0.3, 0.4) is 0 Å². The van der Waals surface area contributed by atoms with Crippen LogP contribution in [0.1, 0.15) is 39.0 Å². The Hall–Kier alpha value is -1.51. The molecule has 0 spiro atoms. The van der Waals surface area contributed by atoms with E-state index in [1.165, 1.54) is 7.11 Å². The zero-order valence-corrected chi connectivity index (χ0v) is 18.2. The number of nitrogens with one attached hydrogen (secondary N) is 2. The van der Waals surface area contributed by atoms with E-state index in [0.717, 1.165) is 50.5 Å². The third kappa shape index (κ3) is 12.8. The minimum atomic E-state index is -0.138. The third-order valence-electron chi connectivity index (χ3n) is 3.51. The minimum Gasteiger partial charge on any atom is -0.494 e. The number of rotatable bonds is 12. The maximum Gasteiger partial charge on any atom is 0.305 e. The lowest BCUT2D eigenvalue weighted by Crippen LogP contribution is -2.37. The molecule has 6 nitrogen and oxygen atoms in total. The molecule has 0 unspecified atom stereocenters. The first kappa shape index (κ1) is 24.5. The first-order chi connectivity index (χ1) is 12.3. The van der Waals surface area contributed by atoms with E-state index in [0.29, 0.717) is 19.6 Å². The van der Waals surface area contributed by atoms with Gasteiger partial charge in [-0.2, -0.15) is 0 Å². The summed E-state index contributed by atoms with van der Waals surface area (Å²) < 4.78 is 10.3. The fourth-order valence-electron chi connectivity index (χ4n) is 2.18. The van der Waals surface area contributed by atoms with Crippen molar-refractivity contribution < 1.29 is 14.3 Å². The number of esters is 1. The zero-order valence-electron chi connectivity index (χ0n) is 15.8. The lowest BCUT2D eigenvalue weighted by Gasteiger charge is -2.11. The van der Waals surface area contributed by atoms with Gasteiger partial charge < -0.3 is 20.1 Å². The van der Waals surface area contributed by atoms with Gasteiger partial charge in [0.25, 0.3) is 0 Å². The largest absolute Gasteiger partial charge is 0.494 e. The number of halogens is 1. The van der Waals surface area contributed by atoms with E-state index in [1.54, 1.807) is 0 Å². The van der Waals surface area contributed by atoms with E-state index < -0.39 is 0 Å². The van der Waals surface area contributed by atoms with Crippen molar-refractivity contribution in [2.24, 2.45) is 4.99 Å². The molecule has 1 rings (SSSR count). The van der Waals surface area contributed by atoms with Crippen molar-refractivity contribution in [2.75, 3.05) is 33.4 Å². The highest BCUT2D eigenvalue weighted by molar-refractivity contribution is 14.0. The lowest BCUT2D eigenvalue weighted by atomic mass is 10.2. The average molecular weight is 477 g/mol. The molecule has 0 fully saturated rings. The van der Waals surface area contributed by atoms with Crippen molar-refractivity contribution in [3.63, 3.8) is 0 Å². The highest BCUT2D eigenvalue weighted by Crippen LogP contribution is 2.08. The van der Waals surface area contributed by atoms with Gasteiger partial charge in [0.05, 0.1) is 13.7 Å². The number of methoxy groups -OCH3 is 1. The Morgan fingerprint density at radius 3 is 2.54 bits per heavy atom. The van der Waals surface area contributed by atoms with Crippen LogP contribution in [0.25, 0.3) is 0 Å².